The van der Waals surface area contributed by atoms with Crippen LogP contribution in [0.1, 0.15) is 33.1 Å². The van der Waals surface area contributed by atoms with Gasteiger partial charge in [-0.2, -0.15) is 0 Å². The number of aliphatic hydroxyl groups is 2. The SMILES string of the molecule is CC(O)C1CCCC(C)C1O. The monoisotopic (exact) mass is 158 g/mol. The summed E-state index contributed by atoms with van der Waals surface area (Å²) in [5.74, 6) is 0.474. The van der Waals surface area contributed by atoms with Gasteiger partial charge in [0.15, 0.2) is 0 Å². The molecule has 11 heavy (non-hydrogen) atoms. The Kier molecular flexibility index (Phi) is 2.90. The van der Waals surface area contributed by atoms with Crippen LogP contribution < -0.4 is 0 Å². The minimum absolute atomic E-state index is 0.110. The number of aliphatic hydroxyl groups excluding tert-OH is 2. The molecule has 4 atom stereocenters. The van der Waals surface area contributed by atoms with Crippen LogP contribution in [0.3, 0.4) is 0 Å². The summed E-state index contributed by atoms with van der Waals surface area (Å²) in [6.07, 6.45) is 2.58. The smallest absolute Gasteiger partial charge is 0.0618 e. The summed E-state index contributed by atoms with van der Waals surface area (Å²) in [5.41, 5.74) is 0. The summed E-state index contributed by atoms with van der Waals surface area (Å²) in [5, 5.41) is 19.0. The Morgan fingerprint density at radius 3 is 2.45 bits per heavy atom. The molecule has 0 aromatic rings. The van der Waals surface area contributed by atoms with E-state index in [1.54, 1.807) is 6.92 Å². The lowest BCUT2D eigenvalue weighted by molar-refractivity contribution is -0.0327. The lowest BCUT2D eigenvalue weighted by Crippen LogP contribution is -2.37. The van der Waals surface area contributed by atoms with E-state index in [1.165, 1.54) is 0 Å². The number of rotatable bonds is 1. The van der Waals surface area contributed by atoms with Crippen molar-refractivity contribution in [3.63, 3.8) is 0 Å². The van der Waals surface area contributed by atoms with E-state index >= 15 is 0 Å². The first-order valence-electron chi connectivity index (χ1n) is 4.49. The lowest BCUT2D eigenvalue weighted by atomic mass is 9.77. The molecule has 2 nitrogen and oxygen atoms in total. The topological polar surface area (TPSA) is 40.5 Å². The summed E-state index contributed by atoms with van der Waals surface area (Å²) in [4.78, 5) is 0. The molecule has 0 spiro atoms. The van der Waals surface area contributed by atoms with E-state index in [0.717, 1.165) is 19.3 Å². The van der Waals surface area contributed by atoms with E-state index in [0.29, 0.717) is 5.92 Å². The van der Waals surface area contributed by atoms with E-state index < -0.39 is 0 Å². The van der Waals surface area contributed by atoms with Gasteiger partial charge in [0.25, 0.3) is 0 Å². The molecular weight excluding hydrogens is 140 g/mol. The van der Waals surface area contributed by atoms with Crippen molar-refractivity contribution in [1.82, 2.24) is 0 Å². The van der Waals surface area contributed by atoms with Gasteiger partial charge < -0.3 is 10.2 Å². The van der Waals surface area contributed by atoms with Crippen LogP contribution in [0, 0.1) is 11.8 Å². The van der Waals surface area contributed by atoms with Crippen molar-refractivity contribution >= 4 is 0 Å². The largest absolute Gasteiger partial charge is 0.393 e. The van der Waals surface area contributed by atoms with Crippen molar-refractivity contribution in [2.45, 2.75) is 45.3 Å². The third kappa shape index (κ3) is 1.94. The van der Waals surface area contributed by atoms with Gasteiger partial charge in [-0.05, 0) is 25.7 Å². The molecule has 1 fully saturated rings. The fraction of sp³-hybridized carbons (Fsp3) is 1.00. The molecular formula is C9H18O2. The second kappa shape index (κ2) is 3.55. The Morgan fingerprint density at radius 2 is 2.00 bits per heavy atom. The van der Waals surface area contributed by atoms with Crippen molar-refractivity contribution in [3.05, 3.63) is 0 Å². The van der Waals surface area contributed by atoms with Crippen LogP contribution in [-0.2, 0) is 0 Å². The van der Waals surface area contributed by atoms with Gasteiger partial charge in [0.1, 0.15) is 0 Å². The van der Waals surface area contributed by atoms with Gasteiger partial charge >= 0.3 is 0 Å². The number of hydrogen-bond acceptors (Lipinski definition) is 2. The molecule has 0 saturated heterocycles. The predicted octanol–water partition coefficient (Wildman–Crippen LogP) is 1.16. The van der Waals surface area contributed by atoms with Crippen molar-refractivity contribution in [2.24, 2.45) is 11.8 Å². The molecule has 1 saturated carbocycles. The van der Waals surface area contributed by atoms with Crippen LogP contribution in [0.5, 0.6) is 0 Å². The molecule has 0 aromatic heterocycles. The molecule has 0 heterocycles. The van der Waals surface area contributed by atoms with Gasteiger partial charge in [-0.1, -0.05) is 13.3 Å². The second-order valence-corrected chi connectivity index (χ2v) is 3.80. The van der Waals surface area contributed by atoms with Gasteiger partial charge in [-0.3, -0.25) is 0 Å². The zero-order chi connectivity index (χ0) is 8.43. The average Bonchev–Trinajstić information content (AvgIpc) is 1.94. The highest BCUT2D eigenvalue weighted by Crippen LogP contribution is 2.30. The van der Waals surface area contributed by atoms with Gasteiger partial charge in [0, 0.05) is 5.92 Å². The second-order valence-electron chi connectivity index (χ2n) is 3.80. The van der Waals surface area contributed by atoms with Crippen molar-refractivity contribution in [1.29, 1.82) is 0 Å². The van der Waals surface area contributed by atoms with E-state index in [1.807, 2.05) is 0 Å². The molecule has 4 unspecified atom stereocenters. The molecule has 0 radical (unpaired) electrons. The van der Waals surface area contributed by atoms with Crippen molar-refractivity contribution < 1.29 is 10.2 Å². The summed E-state index contributed by atoms with van der Waals surface area (Å²) in [7, 11) is 0. The fourth-order valence-electron chi connectivity index (χ4n) is 1.97. The van der Waals surface area contributed by atoms with Crippen LogP contribution >= 0.6 is 0 Å². The van der Waals surface area contributed by atoms with E-state index in [9.17, 15) is 10.2 Å². The Balaban J connectivity index is 2.51. The molecule has 1 aliphatic carbocycles. The summed E-state index contributed by atoms with van der Waals surface area (Å²) < 4.78 is 0. The third-order valence-electron chi connectivity index (χ3n) is 2.84. The van der Waals surface area contributed by atoms with Crippen molar-refractivity contribution in [2.75, 3.05) is 0 Å². The highest BCUT2D eigenvalue weighted by atomic mass is 16.3. The molecule has 1 rings (SSSR count). The van der Waals surface area contributed by atoms with Gasteiger partial charge in [-0.25, -0.2) is 0 Å². The molecule has 2 N–H and O–H groups in total. The first kappa shape index (κ1) is 9.01. The Morgan fingerprint density at radius 1 is 1.36 bits per heavy atom. The van der Waals surface area contributed by atoms with Crippen LogP contribution in [0.2, 0.25) is 0 Å². The fourth-order valence-corrected chi connectivity index (χ4v) is 1.97. The van der Waals surface area contributed by atoms with Crippen LogP contribution in [0.25, 0.3) is 0 Å². The van der Waals surface area contributed by atoms with Crippen molar-refractivity contribution in [3.8, 4) is 0 Å². The average molecular weight is 158 g/mol. The number of hydrogen-bond donors (Lipinski definition) is 2. The molecule has 2 heteroatoms. The van der Waals surface area contributed by atoms with E-state index in [2.05, 4.69) is 6.92 Å². The minimum Gasteiger partial charge on any atom is -0.393 e. The quantitative estimate of drug-likeness (QED) is 0.601. The molecule has 66 valence electrons. The summed E-state index contributed by atoms with van der Waals surface area (Å²) in [6, 6.07) is 0. The third-order valence-corrected chi connectivity index (χ3v) is 2.84. The normalized spacial score (nSPS) is 42.0. The maximum absolute atomic E-state index is 9.65. The van der Waals surface area contributed by atoms with Crippen LogP contribution in [-0.4, -0.2) is 22.4 Å². The first-order valence-corrected chi connectivity index (χ1v) is 4.49. The summed E-state index contributed by atoms with van der Waals surface area (Å²) in [6.45, 7) is 3.82. The molecule has 0 bridgehead atoms. The zero-order valence-electron chi connectivity index (χ0n) is 7.33. The lowest BCUT2D eigenvalue weighted by Gasteiger charge is -2.34. The van der Waals surface area contributed by atoms with E-state index in [4.69, 9.17) is 0 Å². The first-order chi connectivity index (χ1) is 5.13. The molecule has 0 aliphatic heterocycles. The zero-order valence-corrected chi connectivity index (χ0v) is 7.33. The van der Waals surface area contributed by atoms with Gasteiger partial charge in [0.2, 0.25) is 0 Å². The predicted molar refractivity (Wildman–Crippen MR) is 44.2 cm³/mol. The Bertz CT molecular complexity index is 123. The highest BCUT2D eigenvalue weighted by Gasteiger charge is 2.31. The van der Waals surface area contributed by atoms with E-state index in [-0.39, 0.29) is 18.1 Å². The maximum atomic E-state index is 9.65. The molecule has 0 amide bonds. The van der Waals surface area contributed by atoms with Gasteiger partial charge in [0.05, 0.1) is 12.2 Å². The van der Waals surface area contributed by atoms with Crippen LogP contribution in [0.4, 0.5) is 0 Å². The standard InChI is InChI=1S/C9H18O2/c1-6-4-3-5-8(7(2)10)9(6)11/h6-11H,3-5H2,1-2H3. The van der Waals surface area contributed by atoms with Crippen LogP contribution in [0.15, 0.2) is 0 Å². The maximum Gasteiger partial charge on any atom is 0.0618 e. The molecule has 1 aliphatic rings. The Labute approximate surface area is 68.2 Å². The Hall–Kier alpha value is -0.0800. The minimum atomic E-state index is -0.354. The highest BCUT2D eigenvalue weighted by molar-refractivity contribution is 4.82. The molecule has 0 aromatic carbocycles. The summed E-state index contributed by atoms with van der Waals surface area (Å²) >= 11 is 0. The van der Waals surface area contributed by atoms with Gasteiger partial charge in [-0.15, -0.1) is 0 Å².